The Morgan fingerprint density at radius 1 is 1.15 bits per heavy atom. The van der Waals surface area contributed by atoms with Crippen molar-refractivity contribution in [1.29, 1.82) is 0 Å². The first-order valence-electron chi connectivity index (χ1n) is 7.86. The molecule has 0 N–H and O–H groups in total. The normalized spacial score (nSPS) is 15.0. The van der Waals surface area contributed by atoms with Crippen LogP contribution in [-0.4, -0.2) is 31.4 Å². The molecule has 0 saturated carbocycles. The zero-order valence-electron chi connectivity index (χ0n) is 13.8. The molecule has 0 atom stereocenters. The number of aromatic nitrogens is 1. The maximum Gasteiger partial charge on any atom is 0.252 e. The highest BCUT2D eigenvalue weighted by molar-refractivity contribution is 9.11. The van der Waals surface area contributed by atoms with Gasteiger partial charge < -0.3 is 4.74 Å². The van der Waals surface area contributed by atoms with E-state index in [1.54, 1.807) is 34.9 Å². The Labute approximate surface area is 168 Å². The SMILES string of the molecule is COc1ccc(-c2nc3c(s2)CN(S(=O)(=O)c2ccc(Br)s2)CC3)cc1. The number of benzene rings is 1. The van der Waals surface area contributed by atoms with Crippen LogP contribution in [0.3, 0.4) is 0 Å². The van der Waals surface area contributed by atoms with Crippen LogP contribution in [0.2, 0.25) is 0 Å². The summed E-state index contributed by atoms with van der Waals surface area (Å²) in [6, 6.07) is 11.2. The Morgan fingerprint density at radius 3 is 2.58 bits per heavy atom. The van der Waals surface area contributed by atoms with Crippen LogP contribution in [0.1, 0.15) is 10.6 Å². The van der Waals surface area contributed by atoms with Crippen molar-refractivity contribution in [2.75, 3.05) is 13.7 Å². The highest BCUT2D eigenvalue weighted by Crippen LogP contribution is 2.35. The number of sulfonamides is 1. The molecule has 3 aromatic rings. The van der Waals surface area contributed by atoms with Crippen molar-refractivity contribution < 1.29 is 13.2 Å². The number of halogens is 1. The molecule has 0 amide bonds. The average Bonchev–Trinajstić information content (AvgIpc) is 3.27. The maximum atomic E-state index is 12.8. The van der Waals surface area contributed by atoms with Crippen molar-refractivity contribution in [3.63, 3.8) is 0 Å². The van der Waals surface area contributed by atoms with Crippen LogP contribution in [0.5, 0.6) is 5.75 Å². The molecule has 0 saturated heterocycles. The van der Waals surface area contributed by atoms with E-state index in [1.165, 1.54) is 11.3 Å². The van der Waals surface area contributed by atoms with Gasteiger partial charge in [-0.15, -0.1) is 22.7 Å². The molecule has 9 heteroatoms. The van der Waals surface area contributed by atoms with E-state index in [1.807, 2.05) is 24.3 Å². The quantitative estimate of drug-likeness (QED) is 0.567. The first kappa shape index (κ1) is 18.1. The molecule has 0 bridgehead atoms. The molecule has 0 radical (unpaired) electrons. The number of thiophene rings is 1. The Hall–Kier alpha value is -1.26. The topological polar surface area (TPSA) is 59.5 Å². The lowest BCUT2D eigenvalue weighted by Crippen LogP contribution is -2.35. The molecule has 2 aromatic heterocycles. The third kappa shape index (κ3) is 3.34. The van der Waals surface area contributed by atoms with Crippen LogP contribution < -0.4 is 4.74 Å². The standard InChI is InChI=1S/C17H15BrN2O3S3/c1-23-12-4-2-11(3-5-12)17-19-13-8-9-20(10-14(13)24-17)26(21,22)16-7-6-15(18)25-16/h2-7H,8-10H2,1H3. The molecule has 136 valence electrons. The highest BCUT2D eigenvalue weighted by atomic mass is 79.9. The summed E-state index contributed by atoms with van der Waals surface area (Å²) in [6.45, 7) is 0.831. The first-order valence-corrected chi connectivity index (χ1v) is 11.7. The lowest BCUT2D eigenvalue weighted by molar-refractivity contribution is 0.394. The summed E-state index contributed by atoms with van der Waals surface area (Å²) in [5.74, 6) is 0.800. The Balaban J connectivity index is 1.60. The largest absolute Gasteiger partial charge is 0.497 e. The van der Waals surface area contributed by atoms with Gasteiger partial charge in [-0.3, -0.25) is 0 Å². The Bertz CT molecular complexity index is 1040. The smallest absolute Gasteiger partial charge is 0.252 e. The molecule has 0 fully saturated rings. The fraction of sp³-hybridized carbons (Fsp3) is 0.235. The van der Waals surface area contributed by atoms with E-state index in [0.29, 0.717) is 23.7 Å². The van der Waals surface area contributed by atoms with E-state index in [9.17, 15) is 8.42 Å². The minimum Gasteiger partial charge on any atom is -0.497 e. The zero-order chi connectivity index (χ0) is 18.3. The number of hydrogen-bond donors (Lipinski definition) is 0. The van der Waals surface area contributed by atoms with Gasteiger partial charge in [0.2, 0.25) is 0 Å². The predicted octanol–water partition coefficient (Wildman–Crippen LogP) is 4.39. The first-order chi connectivity index (χ1) is 12.5. The van der Waals surface area contributed by atoms with Gasteiger partial charge in [0.25, 0.3) is 10.0 Å². The highest BCUT2D eigenvalue weighted by Gasteiger charge is 2.31. The van der Waals surface area contributed by atoms with Crippen molar-refractivity contribution in [2.24, 2.45) is 0 Å². The number of nitrogens with zero attached hydrogens (tertiary/aromatic N) is 2. The number of fused-ring (bicyclic) bond motifs is 1. The van der Waals surface area contributed by atoms with Gasteiger partial charge in [0, 0.05) is 23.4 Å². The molecule has 0 spiro atoms. The molecule has 4 rings (SSSR count). The molecule has 1 aromatic carbocycles. The van der Waals surface area contributed by atoms with Crippen LogP contribution in [0.25, 0.3) is 10.6 Å². The van der Waals surface area contributed by atoms with Crippen LogP contribution in [0.4, 0.5) is 0 Å². The molecule has 5 nitrogen and oxygen atoms in total. The molecule has 3 heterocycles. The molecule has 0 unspecified atom stereocenters. The Kier molecular flexibility index (Phi) is 4.91. The van der Waals surface area contributed by atoms with Crippen molar-refractivity contribution in [3.05, 3.63) is 50.8 Å². The minimum atomic E-state index is -3.46. The van der Waals surface area contributed by atoms with Crippen molar-refractivity contribution in [2.45, 2.75) is 17.2 Å². The third-order valence-corrected chi connectivity index (χ3v) is 9.24. The summed E-state index contributed by atoms with van der Waals surface area (Å²) < 4.78 is 33.6. The van der Waals surface area contributed by atoms with E-state index in [0.717, 1.165) is 30.7 Å². The maximum absolute atomic E-state index is 12.8. The van der Waals surface area contributed by atoms with Crippen molar-refractivity contribution >= 4 is 48.6 Å². The Morgan fingerprint density at radius 2 is 1.92 bits per heavy atom. The second-order valence-corrected chi connectivity index (χ2v) is 11.5. The summed E-state index contributed by atoms with van der Waals surface area (Å²) in [6.07, 6.45) is 0.633. The van der Waals surface area contributed by atoms with E-state index in [4.69, 9.17) is 9.72 Å². The monoisotopic (exact) mass is 470 g/mol. The van der Waals surface area contributed by atoms with Gasteiger partial charge in [-0.25, -0.2) is 13.4 Å². The van der Waals surface area contributed by atoms with Crippen LogP contribution in [-0.2, 0) is 23.0 Å². The number of rotatable bonds is 4. The summed E-state index contributed by atoms with van der Waals surface area (Å²) >= 11 is 6.13. The average molecular weight is 471 g/mol. The minimum absolute atomic E-state index is 0.368. The second kappa shape index (κ2) is 7.05. The molecule has 1 aliphatic rings. The molecule has 1 aliphatic heterocycles. The zero-order valence-corrected chi connectivity index (χ0v) is 17.8. The number of thiazole rings is 1. The number of methoxy groups -OCH3 is 1. The van der Waals surface area contributed by atoms with Crippen LogP contribution >= 0.6 is 38.6 Å². The van der Waals surface area contributed by atoms with Gasteiger partial charge >= 0.3 is 0 Å². The molecule has 0 aliphatic carbocycles. The van der Waals surface area contributed by atoms with Gasteiger partial charge in [0.05, 0.1) is 23.1 Å². The van der Waals surface area contributed by atoms with Crippen LogP contribution in [0, 0.1) is 0 Å². The van der Waals surface area contributed by atoms with E-state index in [-0.39, 0.29) is 0 Å². The van der Waals surface area contributed by atoms with E-state index in [2.05, 4.69) is 15.9 Å². The van der Waals surface area contributed by atoms with Crippen LogP contribution in [0.15, 0.2) is 44.4 Å². The summed E-state index contributed by atoms with van der Waals surface area (Å²) in [7, 11) is -1.83. The van der Waals surface area contributed by atoms with Crippen molar-refractivity contribution in [1.82, 2.24) is 9.29 Å². The summed E-state index contributed by atoms with van der Waals surface area (Å²) in [5.41, 5.74) is 2.02. The van der Waals surface area contributed by atoms with Gasteiger partial charge in [0.15, 0.2) is 0 Å². The molecular weight excluding hydrogens is 456 g/mol. The van der Waals surface area contributed by atoms with Gasteiger partial charge in [0.1, 0.15) is 15.0 Å². The number of hydrogen-bond acceptors (Lipinski definition) is 6. The van der Waals surface area contributed by atoms with Gasteiger partial charge in [-0.2, -0.15) is 4.31 Å². The van der Waals surface area contributed by atoms with E-state index >= 15 is 0 Å². The number of ether oxygens (including phenoxy) is 1. The molecular formula is C17H15BrN2O3S3. The molecule has 26 heavy (non-hydrogen) atoms. The lowest BCUT2D eigenvalue weighted by Gasteiger charge is -2.24. The fourth-order valence-electron chi connectivity index (χ4n) is 2.80. The third-order valence-electron chi connectivity index (χ3n) is 4.18. The second-order valence-electron chi connectivity index (χ2n) is 5.76. The van der Waals surface area contributed by atoms with Gasteiger partial charge in [-0.05, 0) is 52.3 Å². The van der Waals surface area contributed by atoms with Gasteiger partial charge in [-0.1, -0.05) is 0 Å². The fourth-order valence-corrected chi connectivity index (χ4v) is 7.58. The van der Waals surface area contributed by atoms with Crippen molar-refractivity contribution in [3.8, 4) is 16.3 Å². The summed E-state index contributed by atoms with van der Waals surface area (Å²) in [4.78, 5) is 5.74. The lowest BCUT2D eigenvalue weighted by atomic mass is 10.2. The summed E-state index contributed by atoms with van der Waals surface area (Å²) in [5, 5.41) is 0.913. The predicted molar refractivity (Wildman–Crippen MR) is 107 cm³/mol. The van der Waals surface area contributed by atoms with E-state index < -0.39 is 10.0 Å².